The number of carbonyl (C=O) groups excluding carboxylic acids is 1. The minimum absolute atomic E-state index is 0.134. The third kappa shape index (κ3) is 3.00. The number of fused-ring (bicyclic) bond motifs is 1. The number of H-pyrrole nitrogens is 2. The van der Waals surface area contributed by atoms with Gasteiger partial charge >= 0.3 is 5.69 Å². The molecule has 0 unspecified atom stereocenters. The van der Waals surface area contributed by atoms with Crippen LogP contribution in [0.4, 0.5) is 5.69 Å². The van der Waals surface area contributed by atoms with Gasteiger partial charge in [-0.05, 0) is 43.9 Å². The largest absolute Gasteiger partial charge is 0.374 e. The summed E-state index contributed by atoms with van der Waals surface area (Å²) in [6.45, 7) is 5.80. The number of piperidine rings is 1. The van der Waals surface area contributed by atoms with Gasteiger partial charge in [0.1, 0.15) is 6.04 Å². The second kappa shape index (κ2) is 5.87. The molecule has 3 N–H and O–H groups in total. The zero-order valence-electron chi connectivity index (χ0n) is 13.0. The molecule has 0 saturated carbocycles. The van der Waals surface area contributed by atoms with E-state index in [0.29, 0.717) is 5.92 Å². The summed E-state index contributed by atoms with van der Waals surface area (Å²) in [5.74, 6) is 0.842. The van der Waals surface area contributed by atoms with Crippen molar-refractivity contribution in [3.05, 3.63) is 28.7 Å². The predicted octanol–water partition coefficient (Wildman–Crippen LogP) is 1.92. The number of aromatic nitrogens is 2. The maximum atomic E-state index is 12.5. The number of anilines is 1. The van der Waals surface area contributed by atoms with Crippen LogP contribution in [0.2, 0.25) is 0 Å². The van der Waals surface area contributed by atoms with E-state index in [-0.39, 0.29) is 17.6 Å². The van der Waals surface area contributed by atoms with Crippen LogP contribution in [0.3, 0.4) is 0 Å². The van der Waals surface area contributed by atoms with Gasteiger partial charge in [0, 0.05) is 18.8 Å². The summed E-state index contributed by atoms with van der Waals surface area (Å²) in [7, 11) is 0. The second-order valence-corrected chi connectivity index (χ2v) is 6.21. The molecular weight excluding hydrogens is 280 g/mol. The predicted molar refractivity (Wildman–Crippen MR) is 87.0 cm³/mol. The Balaban J connectivity index is 1.67. The number of aromatic amines is 2. The number of amides is 1. The van der Waals surface area contributed by atoms with Gasteiger partial charge in [0.2, 0.25) is 5.91 Å². The van der Waals surface area contributed by atoms with Crippen LogP contribution in [0, 0.1) is 5.92 Å². The fourth-order valence-corrected chi connectivity index (χ4v) is 2.94. The molecule has 3 rings (SSSR count). The van der Waals surface area contributed by atoms with Gasteiger partial charge in [0.25, 0.3) is 0 Å². The molecule has 1 amide bonds. The lowest BCUT2D eigenvalue weighted by Crippen LogP contribution is -2.45. The van der Waals surface area contributed by atoms with Crippen LogP contribution in [0.5, 0.6) is 0 Å². The average Bonchev–Trinajstić information content (AvgIpc) is 2.86. The van der Waals surface area contributed by atoms with Crippen molar-refractivity contribution >= 4 is 22.6 Å². The molecule has 6 heteroatoms. The summed E-state index contributed by atoms with van der Waals surface area (Å²) in [5.41, 5.74) is 2.11. The van der Waals surface area contributed by atoms with Gasteiger partial charge in [0.15, 0.2) is 0 Å². The first-order valence-corrected chi connectivity index (χ1v) is 7.80. The third-order valence-electron chi connectivity index (χ3n) is 4.36. The highest BCUT2D eigenvalue weighted by Crippen LogP contribution is 2.19. The molecule has 1 aromatic carbocycles. The highest BCUT2D eigenvalue weighted by molar-refractivity contribution is 5.86. The fraction of sp³-hybridized carbons (Fsp3) is 0.500. The molecule has 1 saturated heterocycles. The Labute approximate surface area is 128 Å². The van der Waals surface area contributed by atoms with Gasteiger partial charge in [0.05, 0.1) is 11.0 Å². The van der Waals surface area contributed by atoms with Gasteiger partial charge in [-0.15, -0.1) is 0 Å². The number of imidazole rings is 1. The van der Waals surface area contributed by atoms with Crippen LogP contribution >= 0.6 is 0 Å². The standard InChI is InChI=1S/C16H22N4O2/c1-10-5-7-20(8-6-10)15(21)11(2)17-12-3-4-13-14(9-12)19-16(22)18-13/h3-4,9-11,17H,5-8H2,1-2H3,(H2,18,19,22)/t11-/m0/s1. The van der Waals surface area contributed by atoms with E-state index < -0.39 is 0 Å². The van der Waals surface area contributed by atoms with E-state index in [1.54, 1.807) is 0 Å². The average molecular weight is 302 g/mol. The van der Waals surface area contributed by atoms with Crippen molar-refractivity contribution in [2.24, 2.45) is 5.92 Å². The number of likely N-dealkylation sites (tertiary alicyclic amines) is 1. The Morgan fingerprint density at radius 1 is 1.27 bits per heavy atom. The lowest BCUT2D eigenvalue weighted by Gasteiger charge is -2.32. The quantitative estimate of drug-likeness (QED) is 0.810. The number of carbonyl (C=O) groups is 1. The molecule has 1 aliphatic heterocycles. The number of rotatable bonds is 3. The van der Waals surface area contributed by atoms with E-state index in [0.717, 1.165) is 42.7 Å². The molecule has 1 aromatic heterocycles. The first-order chi connectivity index (χ1) is 10.5. The number of hydrogen-bond donors (Lipinski definition) is 3. The minimum atomic E-state index is -0.281. The minimum Gasteiger partial charge on any atom is -0.374 e. The second-order valence-electron chi connectivity index (χ2n) is 6.21. The van der Waals surface area contributed by atoms with Crippen LogP contribution < -0.4 is 11.0 Å². The summed E-state index contributed by atoms with van der Waals surface area (Å²) in [6, 6.07) is 5.26. The Bertz CT molecular complexity index is 725. The molecule has 0 bridgehead atoms. The topological polar surface area (TPSA) is 81.0 Å². The first kappa shape index (κ1) is 14.7. The van der Waals surface area contributed by atoms with Crippen LogP contribution in [0.25, 0.3) is 11.0 Å². The van der Waals surface area contributed by atoms with E-state index in [1.165, 1.54) is 0 Å². The van der Waals surface area contributed by atoms with Crippen molar-refractivity contribution < 1.29 is 4.79 Å². The number of hydrogen-bond acceptors (Lipinski definition) is 3. The number of nitrogens with one attached hydrogen (secondary N) is 3. The summed E-state index contributed by atoms with van der Waals surface area (Å²) < 4.78 is 0. The lowest BCUT2D eigenvalue weighted by molar-refractivity contribution is -0.132. The van der Waals surface area contributed by atoms with Gasteiger partial charge in [-0.3, -0.25) is 4.79 Å². The molecule has 2 heterocycles. The summed E-state index contributed by atoms with van der Waals surface area (Å²) in [4.78, 5) is 31.1. The van der Waals surface area contributed by atoms with Gasteiger partial charge in [-0.2, -0.15) is 0 Å². The van der Waals surface area contributed by atoms with Crippen LogP contribution in [-0.2, 0) is 4.79 Å². The smallest absolute Gasteiger partial charge is 0.323 e. The maximum Gasteiger partial charge on any atom is 0.323 e. The van der Waals surface area contributed by atoms with Crippen molar-refractivity contribution in [1.29, 1.82) is 0 Å². The number of benzene rings is 1. The highest BCUT2D eigenvalue weighted by Gasteiger charge is 2.24. The molecule has 22 heavy (non-hydrogen) atoms. The Hall–Kier alpha value is -2.24. The zero-order chi connectivity index (χ0) is 15.7. The Morgan fingerprint density at radius 2 is 1.95 bits per heavy atom. The molecule has 0 aliphatic carbocycles. The van der Waals surface area contributed by atoms with Crippen molar-refractivity contribution in [2.45, 2.75) is 32.7 Å². The molecule has 0 radical (unpaired) electrons. The molecule has 1 atom stereocenters. The first-order valence-electron chi connectivity index (χ1n) is 7.80. The van der Waals surface area contributed by atoms with Crippen molar-refractivity contribution in [2.75, 3.05) is 18.4 Å². The van der Waals surface area contributed by atoms with Crippen LogP contribution in [0.15, 0.2) is 23.0 Å². The Morgan fingerprint density at radius 3 is 2.68 bits per heavy atom. The fourth-order valence-electron chi connectivity index (χ4n) is 2.94. The molecule has 1 fully saturated rings. The van der Waals surface area contributed by atoms with E-state index in [9.17, 15) is 9.59 Å². The van der Waals surface area contributed by atoms with Crippen LogP contribution in [-0.4, -0.2) is 39.9 Å². The molecule has 6 nitrogen and oxygen atoms in total. The van der Waals surface area contributed by atoms with E-state index in [4.69, 9.17) is 0 Å². The van der Waals surface area contributed by atoms with E-state index >= 15 is 0 Å². The zero-order valence-corrected chi connectivity index (χ0v) is 13.0. The summed E-state index contributed by atoms with van der Waals surface area (Å²) in [6.07, 6.45) is 2.16. The summed E-state index contributed by atoms with van der Waals surface area (Å²) in [5, 5.41) is 3.22. The van der Waals surface area contributed by atoms with Gasteiger partial charge in [-0.25, -0.2) is 4.79 Å². The molecule has 118 valence electrons. The normalized spacial score (nSPS) is 17.6. The highest BCUT2D eigenvalue weighted by atomic mass is 16.2. The van der Waals surface area contributed by atoms with Gasteiger partial charge in [-0.1, -0.05) is 6.92 Å². The van der Waals surface area contributed by atoms with Crippen molar-refractivity contribution in [3.63, 3.8) is 0 Å². The van der Waals surface area contributed by atoms with Crippen molar-refractivity contribution in [3.8, 4) is 0 Å². The SMILES string of the molecule is CC1CCN(C(=O)[C@H](C)Nc2ccc3[nH]c(=O)[nH]c3c2)CC1. The van der Waals surface area contributed by atoms with E-state index in [1.807, 2.05) is 30.0 Å². The number of nitrogens with zero attached hydrogens (tertiary/aromatic N) is 1. The Kier molecular flexibility index (Phi) is 3.92. The third-order valence-corrected chi connectivity index (χ3v) is 4.36. The maximum absolute atomic E-state index is 12.5. The summed E-state index contributed by atoms with van der Waals surface area (Å²) >= 11 is 0. The molecule has 0 spiro atoms. The van der Waals surface area contributed by atoms with Crippen LogP contribution in [0.1, 0.15) is 26.7 Å². The van der Waals surface area contributed by atoms with Crippen molar-refractivity contribution in [1.82, 2.24) is 14.9 Å². The molecule has 1 aliphatic rings. The van der Waals surface area contributed by atoms with Gasteiger partial charge < -0.3 is 20.2 Å². The molecule has 2 aromatic rings. The lowest BCUT2D eigenvalue weighted by atomic mass is 9.99. The van der Waals surface area contributed by atoms with E-state index in [2.05, 4.69) is 22.2 Å². The molecular formula is C16H22N4O2. The monoisotopic (exact) mass is 302 g/mol.